The van der Waals surface area contributed by atoms with E-state index in [2.05, 4.69) is 20.6 Å². The number of aromatic nitrogens is 2. The average Bonchev–Trinajstić information content (AvgIpc) is 2.61. The average molecular weight is 372 g/mol. The van der Waals surface area contributed by atoms with Gasteiger partial charge in [0.15, 0.2) is 5.16 Å². The molecule has 1 aromatic heterocycles. The van der Waals surface area contributed by atoms with Gasteiger partial charge in [0.1, 0.15) is 0 Å². The highest BCUT2D eigenvalue weighted by molar-refractivity contribution is 7.98. The molecular formula is C18H20N4O3S. The molecule has 8 heteroatoms. The Bertz CT molecular complexity index is 923. The fourth-order valence-corrected chi connectivity index (χ4v) is 3.32. The molecule has 136 valence electrons. The summed E-state index contributed by atoms with van der Waals surface area (Å²) in [4.78, 5) is 42.7. The van der Waals surface area contributed by atoms with Gasteiger partial charge in [0.25, 0.3) is 5.56 Å². The Hall–Kier alpha value is -2.61. The highest BCUT2D eigenvalue weighted by Gasteiger charge is 2.16. The number of nitrogens with zero attached hydrogens (tertiary/aromatic N) is 1. The number of benzene rings is 1. The number of thioether (sulfide) groups is 1. The predicted octanol–water partition coefficient (Wildman–Crippen LogP) is 2.26. The number of carbonyl (C=O) groups is 2. The lowest BCUT2D eigenvalue weighted by Gasteiger charge is -2.17. The van der Waals surface area contributed by atoms with E-state index < -0.39 is 0 Å². The van der Waals surface area contributed by atoms with Gasteiger partial charge in [-0.1, -0.05) is 11.8 Å². The number of hydrogen-bond donors (Lipinski definition) is 3. The smallest absolute Gasteiger partial charge is 0.254 e. The van der Waals surface area contributed by atoms with E-state index >= 15 is 0 Å². The lowest BCUT2D eigenvalue weighted by molar-refractivity contribution is -0.117. The summed E-state index contributed by atoms with van der Waals surface area (Å²) in [5, 5.41) is 6.23. The first-order valence-corrected chi connectivity index (χ1v) is 9.55. The van der Waals surface area contributed by atoms with Crippen molar-refractivity contribution in [3.05, 3.63) is 45.4 Å². The lowest BCUT2D eigenvalue weighted by Crippen LogP contribution is -2.21. The maximum atomic E-state index is 12.2. The summed E-state index contributed by atoms with van der Waals surface area (Å²) in [6.45, 7) is 1.78. The molecule has 0 spiro atoms. The van der Waals surface area contributed by atoms with Gasteiger partial charge in [-0.25, -0.2) is 4.98 Å². The summed E-state index contributed by atoms with van der Waals surface area (Å²) in [6, 6.07) is 5.43. The van der Waals surface area contributed by atoms with Crippen LogP contribution >= 0.6 is 11.8 Å². The van der Waals surface area contributed by atoms with E-state index in [1.54, 1.807) is 19.1 Å². The van der Waals surface area contributed by atoms with Crippen molar-refractivity contribution in [2.75, 3.05) is 16.9 Å². The van der Waals surface area contributed by atoms with Crippen LogP contribution in [0.5, 0.6) is 0 Å². The first-order chi connectivity index (χ1) is 12.5. The van der Waals surface area contributed by atoms with Crippen LogP contribution in [0.3, 0.4) is 0 Å². The number of H-pyrrole nitrogens is 1. The largest absolute Gasteiger partial charge is 0.326 e. The molecule has 26 heavy (non-hydrogen) atoms. The second-order valence-corrected chi connectivity index (χ2v) is 6.90. The Morgan fingerprint density at radius 3 is 2.85 bits per heavy atom. The maximum Gasteiger partial charge on any atom is 0.254 e. The number of nitrogens with one attached hydrogen (secondary N) is 3. The van der Waals surface area contributed by atoms with Crippen LogP contribution in [0.2, 0.25) is 0 Å². The zero-order valence-corrected chi connectivity index (χ0v) is 15.5. The van der Waals surface area contributed by atoms with E-state index in [-0.39, 0.29) is 23.8 Å². The monoisotopic (exact) mass is 372 g/mol. The van der Waals surface area contributed by atoms with Crippen molar-refractivity contribution in [1.29, 1.82) is 0 Å². The van der Waals surface area contributed by atoms with Gasteiger partial charge in [-0.05, 0) is 49.8 Å². The normalized spacial score (nSPS) is 13.1. The van der Waals surface area contributed by atoms with Crippen molar-refractivity contribution in [2.24, 2.45) is 0 Å². The third-order valence-corrected chi connectivity index (χ3v) is 4.86. The molecule has 0 unspecified atom stereocenters. The molecule has 0 fully saturated rings. The number of aromatic amines is 1. The minimum absolute atomic E-state index is 0.0102. The number of hydrogen-bond acceptors (Lipinski definition) is 5. The lowest BCUT2D eigenvalue weighted by atomic mass is 10.0. The molecule has 0 aliphatic carbocycles. The first kappa shape index (κ1) is 18.2. The summed E-state index contributed by atoms with van der Waals surface area (Å²) in [6.07, 6.45) is 3.47. The minimum Gasteiger partial charge on any atom is -0.326 e. The second-order valence-electron chi connectivity index (χ2n) is 6.11. The van der Waals surface area contributed by atoms with Gasteiger partial charge in [-0.3, -0.25) is 14.4 Å². The topological polar surface area (TPSA) is 104 Å². The van der Waals surface area contributed by atoms with Gasteiger partial charge in [0, 0.05) is 35.5 Å². The van der Waals surface area contributed by atoms with E-state index in [0.29, 0.717) is 41.4 Å². The van der Waals surface area contributed by atoms with E-state index in [0.717, 1.165) is 11.3 Å². The van der Waals surface area contributed by atoms with Gasteiger partial charge < -0.3 is 15.6 Å². The molecule has 1 aliphatic heterocycles. The van der Waals surface area contributed by atoms with E-state index in [1.165, 1.54) is 11.8 Å². The highest BCUT2D eigenvalue weighted by atomic mass is 32.2. The second kappa shape index (κ2) is 7.74. The van der Waals surface area contributed by atoms with Gasteiger partial charge >= 0.3 is 0 Å². The molecule has 7 nitrogen and oxygen atoms in total. The summed E-state index contributed by atoms with van der Waals surface area (Å²) in [7, 11) is 0. The van der Waals surface area contributed by atoms with Crippen molar-refractivity contribution in [1.82, 2.24) is 9.97 Å². The molecule has 3 rings (SSSR count). The standard InChI is InChI=1S/C18H20N4O3S/c1-10-13(17(25)22-18(19-10)26-2)5-8-15(23)20-12-4-6-14-11(9-12)3-7-16(24)21-14/h4,6,9H,3,5,7-8H2,1-2H3,(H,20,23)(H,21,24)(H,19,22,25). The Kier molecular flexibility index (Phi) is 5.41. The number of amides is 2. The van der Waals surface area contributed by atoms with Crippen LogP contribution in [-0.2, 0) is 22.4 Å². The number of anilines is 2. The summed E-state index contributed by atoms with van der Waals surface area (Å²) >= 11 is 1.37. The Morgan fingerprint density at radius 2 is 2.12 bits per heavy atom. The molecular weight excluding hydrogens is 352 g/mol. The zero-order valence-electron chi connectivity index (χ0n) is 14.6. The zero-order chi connectivity index (χ0) is 18.7. The SMILES string of the molecule is CSc1nc(C)c(CCC(=O)Nc2ccc3c(c2)CCC(=O)N3)c(=O)[nH]1. The number of aryl methyl sites for hydroxylation is 2. The minimum atomic E-state index is -0.195. The third-order valence-electron chi connectivity index (χ3n) is 4.28. The first-order valence-electron chi connectivity index (χ1n) is 8.32. The van der Waals surface area contributed by atoms with E-state index in [4.69, 9.17) is 0 Å². The molecule has 0 saturated carbocycles. The van der Waals surface area contributed by atoms with Gasteiger partial charge in [0.2, 0.25) is 11.8 Å². The molecule has 0 radical (unpaired) electrons. The Balaban J connectivity index is 1.63. The molecule has 1 aromatic carbocycles. The summed E-state index contributed by atoms with van der Waals surface area (Å²) in [5.41, 5.74) is 3.47. The van der Waals surface area contributed by atoms with E-state index in [9.17, 15) is 14.4 Å². The molecule has 3 N–H and O–H groups in total. The van der Waals surface area contributed by atoms with Crippen molar-refractivity contribution < 1.29 is 9.59 Å². The fraction of sp³-hybridized carbons (Fsp3) is 0.333. The molecule has 1 aliphatic rings. The van der Waals surface area contributed by atoms with Crippen molar-refractivity contribution in [2.45, 2.75) is 37.8 Å². The predicted molar refractivity (Wildman–Crippen MR) is 102 cm³/mol. The van der Waals surface area contributed by atoms with E-state index in [1.807, 2.05) is 12.3 Å². The Morgan fingerprint density at radius 1 is 1.31 bits per heavy atom. The molecule has 2 aromatic rings. The highest BCUT2D eigenvalue weighted by Crippen LogP contribution is 2.25. The number of carbonyl (C=O) groups excluding carboxylic acids is 2. The summed E-state index contributed by atoms with van der Waals surface area (Å²) < 4.78 is 0. The van der Waals surface area contributed by atoms with Crippen LogP contribution in [-0.4, -0.2) is 28.0 Å². The molecule has 0 saturated heterocycles. The van der Waals surface area contributed by atoms with Gasteiger partial charge in [-0.15, -0.1) is 0 Å². The molecule has 2 heterocycles. The summed E-state index contributed by atoms with van der Waals surface area (Å²) in [5.74, 6) is -0.159. The molecule has 0 bridgehead atoms. The van der Waals surface area contributed by atoms with Crippen LogP contribution in [0.25, 0.3) is 0 Å². The van der Waals surface area contributed by atoms with Crippen LogP contribution in [0.15, 0.2) is 28.2 Å². The number of rotatable bonds is 5. The third kappa shape index (κ3) is 4.13. The maximum absolute atomic E-state index is 12.2. The van der Waals surface area contributed by atoms with Gasteiger partial charge in [0.05, 0.1) is 0 Å². The fourth-order valence-electron chi connectivity index (χ4n) is 2.90. The van der Waals surface area contributed by atoms with Crippen molar-refractivity contribution in [3.63, 3.8) is 0 Å². The van der Waals surface area contributed by atoms with Gasteiger partial charge in [-0.2, -0.15) is 0 Å². The Labute approximate surface area is 155 Å². The number of fused-ring (bicyclic) bond motifs is 1. The van der Waals surface area contributed by atoms with Crippen LogP contribution in [0.1, 0.15) is 29.7 Å². The van der Waals surface area contributed by atoms with Crippen molar-refractivity contribution >= 4 is 35.0 Å². The molecule has 0 atom stereocenters. The van der Waals surface area contributed by atoms with Crippen LogP contribution in [0.4, 0.5) is 11.4 Å². The quantitative estimate of drug-likeness (QED) is 0.552. The van der Waals surface area contributed by atoms with Crippen LogP contribution < -0.4 is 16.2 Å². The molecule has 2 amide bonds. The van der Waals surface area contributed by atoms with Crippen LogP contribution in [0, 0.1) is 6.92 Å². The van der Waals surface area contributed by atoms with Crippen molar-refractivity contribution in [3.8, 4) is 0 Å².